The lowest BCUT2D eigenvalue weighted by Crippen LogP contribution is -2.25. The molecule has 0 saturated carbocycles. The van der Waals surface area contributed by atoms with Gasteiger partial charge < -0.3 is 14.4 Å². The number of benzene rings is 2. The van der Waals surface area contributed by atoms with Crippen molar-refractivity contribution < 1.29 is 27.4 Å². The van der Waals surface area contributed by atoms with Crippen molar-refractivity contribution in [2.45, 2.75) is 46.0 Å². The van der Waals surface area contributed by atoms with Gasteiger partial charge in [0.2, 0.25) is 0 Å². The van der Waals surface area contributed by atoms with Crippen molar-refractivity contribution in [2.24, 2.45) is 5.92 Å². The van der Waals surface area contributed by atoms with E-state index in [0.29, 0.717) is 48.8 Å². The van der Waals surface area contributed by atoms with Gasteiger partial charge in [-0.05, 0) is 77.9 Å². The topological polar surface area (TPSA) is 51.7 Å². The molecule has 1 aliphatic rings. The van der Waals surface area contributed by atoms with Crippen molar-refractivity contribution in [3.63, 3.8) is 0 Å². The van der Waals surface area contributed by atoms with Crippen LogP contribution in [0.5, 0.6) is 11.5 Å². The molecule has 38 heavy (non-hydrogen) atoms. The molecule has 1 heterocycles. The lowest BCUT2D eigenvalue weighted by Gasteiger charge is -2.29. The van der Waals surface area contributed by atoms with Crippen molar-refractivity contribution in [3.8, 4) is 11.5 Å². The number of aryl methyl sites for hydroxylation is 1. The van der Waals surface area contributed by atoms with Crippen LogP contribution in [-0.2, 0) is 24.1 Å². The van der Waals surface area contributed by atoms with Gasteiger partial charge in [-0.1, -0.05) is 31.2 Å². The molecule has 2 aromatic carbocycles. The first-order valence-electron chi connectivity index (χ1n) is 12.4. The fraction of sp³-hybridized carbons (Fsp3) is 0.333. The van der Waals surface area contributed by atoms with Crippen molar-refractivity contribution in [3.05, 3.63) is 88.6 Å². The van der Waals surface area contributed by atoms with Gasteiger partial charge in [0.15, 0.2) is 5.78 Å². The Kier molecular flexibility index (Phi) is 8.09. The predicted octanol–water partition coefficient (Wildman–Crippen LogP) is 7.02. The van der Waals surface area contributed by atoms with Crippen LogP contribution in [0.3, 0.4) is 0 Å². The summed E-state index contributed by atoms with van der Waals surface area (Å²) in [4.78, 5) is 18.8. The summed E-state index contributed by atoms with van der Waals surface area (Å²) in [6.07, 6.45) is -2.45. The molecule has 0 radical (unpaired) electrons. The molecular formula is C30H31F3N2O3. The van der Waals surface area contributed by atoms with E-state index in [-0.39, 0.29) is 23.0 Å². The smallest absolute Gasteiger partial charge is 0.418 e. The van der Waals surface area contributed by atoms with Crippen LogP contribution in [0.2, 0.25) is 0 Å². The molecule has 3 aromatic rings. The van der Waals surface area contributed by atoms with E-state index >= 15 is 0 Å². The van der Waals surface area contributed by atoms with E-state index in [1.54, 1.807) is 14.2 Å². The number of pyridine rings is 1. The zero-order valence-corrected chi connectivity index (χ0v) is 21.9. The quantitative estimate of drug-likeness (QED) is 0.317. The summed E-state index contributed by atoms with van der Waals surface area (Å²) in [6.45, 7) is 4.10. The Labute approximate surface area is 220 Å². The third-order valence-electron chi connectivity index (χ3n) is 6.82. The molecule has 1 unspecified atom stereocenters. The number of allylic oxidation sites excluding steroid dienone is 2. The number of hydrogen-bond acceptors (Lipinski definition) is 5. The molecule has 0 spiro atoms. The van der Waals surface area contributed by atoms with Crippen molar-refractivity contribution in [2.75, 3.05) is 19.1 Å². The number of ether oxygens (including phenoxy) is 2. The standard InChI is InChI=1S/C30H31F3N2O3/c1-19-5-10-23(36)16-26(19)29-28(30(31,32)33)20(2)15-27(34-29)35(17-21-6-11-24(37-3)12-7-21)18-22-8-13-25(38-4)14-9-22/h6-9,11-16,19H,5,10,17-18H2,1-4H3. The molecule has 0 bridgehead atoms. The Hall–Kier alpha value is -3.81. The Morgan fingerprint density at radius 1 is 0.947 bits per heavy atom. The summed E-state index contributed by atoms with van der Waals surface area (Å²) in [7, 11) is 3.18. The van der Waals surface area contributed by atoms with E-state index in [1.807, 2.05) is 60.4 Å². The third kappa shape index (κ3) is 6.18. The number of nitrogens with zero attached hydrogens (tertiary/aromatic N) is 2. The fourth-order valence-corrected chi connectivity index (χ4v) is 4.71. The molecule has 0 aliphatic heterocycles. The number of anilines is 1. The maximum Gasteiger partial charge on any atom is 0.418 e. The predicted molar refractivity (Wildman–Crippen MR) is 141 cm³/mol. The van der Waals surface area contributed by atoms with Crippen LogP contribution in [0.4, 0.5) is 19.0 Å². The van der Waals surface area contributed by atoms with E-state index < -0.39 is 11.7 Å². The zero-order valence-electron chi connectivity index (χ0n) is 21.9. The summed E-state index contributed by atoms with van der Waals surface area (Å²) < 4.78 is 53.3. The Bertz CT molecular complexity index is 1270. The summed E-state index contributed by atoms with van der Waals surface area (Å²) in [5, 5.41) is 0. The van der Waals surface area contributed by atoms with Crippen LogP contribution in [-0.4, -0.2) is 25.0 Å². The number of hydrogen-bond donors (Lipinski definition) is 0. The van der Waals surface area contributed by atoms with Gasteiger partial charge in [0.25, 0.3) is 0 Å². The third-order valence-corrected chi connectivity index (χ3v) is 6.82. The van der Waals surface area contributed by atoms with Crippen LogP contribution >= 0.6 is 0 Å². The summed E-state index contributed by atoms with van der Waals surface area (Å²) in [6, 6.07) is 16.5. The van der Waals surface area contributed by atoms with Gasteiger partial charge in [-0.15, -0.1) is 0 Å². The number of aromatic nitrogens is 1. The molecule has 1 aliphatic carbocycles. The minimum absolute atomic E-state index is 0.0677. The van der Waals surface area contributed by atoms with E-state index in [9.17, 15) is 18.0 Å². The number of methoxy groups -OCH3 is 2. The highest BCUT2D eigenvalue weighted by molar-refractivity contribution is 5.99. The van der Waals surface area contributed by atoms with E-state index in [4.69, 9.17) is 9.47 Å². The fourth-order valence-electron chi connectivity index (χ4n) is 4.71. The molecule has 5 nitrogen and oxygen atoms in total. The van der Waals surface area contributed by atoms with Gasteiger partial charge in [-0.3, -0.25) is 4.79 Å². The van der Waals surface area contributed by atoms with Crippen LogP contribution in [0.25, 0.3) is 5.57 Å². The number of carbonyl (C=O) groups is 1. The molecule has 200 valence electrons. The number of alkyl halides is 3. The second-order valence-electron chi connectivity index (χ2n) is 9.58. The first-order chi connectivity index (χ1) is 18.1. The highest BCUT2D eigenvalue weighted by atomic mass is 19.4. The SMILES string of the molecule is COc1ccc(CN(Cc2ccc(OC)cc2)c2cc(C)c(C(F)(F)F)c(C3=CC(=O)CCC3C)n2)cc1. The molecular weight excluding hydrogens is 493 g/mol. The monoisotopic (exact) mass is 524 g/mol. The molecule has 0 fully saturated rings. The highest BCUT2D eigenvalue weighted by Crippen LogP contribution is 2.42. The number of rotatable bonds is 8. The van der Waals surface area contributed by atoms with E-state index in [0.717, 1.165) is 11.1 Å². The van der Waals surface area contributed by atoms with Crippen molar-refractivity contribution >= 4 is 17.2 Å². The summed E-state index contributed by atoms with van der Waals surface area (Å²) >= 11 is 0. The number of carbonyl (C=O) groups excluding carboxylic acids is 1. The van der Waals surface area contributed by atoms with Gasteiger partial charge in [-0.25, -0.2) is 4.98 Å². The van der Waals surface area contributed by atoms with Crippen LogP contribution in [0.1, 0.15) is 47.7 Å². The van der Waals surface area contributed by atoms with Crippen LogP contribution in [0, 0.1) is 12.8 Å². The zero-order chi connectivity index (χ0) is 27.4. The highest BCUT2D eigenvalue weighted by Gasteiger charge is 2.39. The Morgan fingerprint density at radius 3 is 1.95 bits per heavy atom. The average molecular weight is 525 g/mol. The van der Waals surface area contributed by atoms with Gasteiger partial charge in [0.05, 0.1) is 25.5 Å². The maximum atomic E-state index is 14.3. The van der Waals surface area contributed by atoms with Crippen LogP contribution in [0.15, 0.2) is 60.7 Å². The minimum Gasteiger partial charge on any atom is -0.497 e. The lowest BCUT2D eigenvalue weighted by atomic mass is 9.84. The second-order valence-corrected chi connectivity index (χ2v) is 9.58. The van der Waals surface area contributed by atoms with Gasteiger partial charge in [-0.2, -0.15) is 13.2 Å². The minimum atomic E-state index is -4.61. The number of ketones is 1. The number of halogens is 3. The van der Waals surface area contributed by atoms with Gasteiger partial charge >= 0.3 is 6.18 Å². The van der Waals surface area contributed by atoms with E-state index in [2.05, 4.69) is 4.98 Å². The molecule has 1 atom stereocenters. The largest absolute Gasteiger partial charge is 0.497 e. The van der Waals surface area contributed by atoms with E-state index in [1.165, 1.54) is 19.1 Å². The van der Waals surface area contributed by atoms with Crippen molar-refractivity contribution in [1.29, 1.82) is 0 Å². The Balaban J connectivity index is 1.83. The summed E-state index contributed by atoms with van der Waals surface area (Å²) in [5.41, 5.74) is 1.34. The molecule has 1 aromatic heterocycles. The average Bonchev–Trinajstić information content (AvgIpc) is 2.89. The van der Waals surface area contributed by atoms with Crippen LogP contribution < -0.4 is 14.4 Å². The first-order valence-corrected chi connectivity index (χ1v) is 12.4. The molecule has 0 saturated heterocycles. The maximum absolute atomic E-state index is 14.3. The molecule has 4 rings (SSSR count). The summed E-state index contributed by atoms with van der Waals surface area (Å²) in [5.74, 6) is 1.44. The first kappa shape index (κ1) is 27.2. The normalized spacial score (nSPS) is 15.7. The lowest BCUT2D eigenvalue weighted by molar-refractivity contribution is -0.138. The van der Waals surface area contributed by atoms with Crippen molar-refractivity contribution in [1.82, 2.24) is 4.98 Å². The molecule has 0 N–H and O–H groups in total. The van der Waals surface area contributed by atoms with Gasteiger partial charge in [0, 0.05) is 19.5 Å². The molecule has 8 heteroatoms. The Morgan fingerprint density at radius 2 is 1.47 bits per heavy atom. The second kappa shape index (κ2) is 11.3. The van der Waals surface area contributed by atoms with Gasteiger partial charge in [0.1, 0.15) is 17.3 Å². The molecule has 0 amide bonds.